The Hall–Kier alpha value is -2.86. The summed E-state index contributed by atoms with van der Waals surface area (Å²) in [7, 11) is 0. The van der Waals surface area contributed by atoms with Crippen LogP contribution in [0.15, 0.2) is 42.5 Å². The van der Waals surface area contributed by atoms with Crippen molar-refractivity contribution < 1.29 is 14.3 Å². The zero-order valence-corrected chi connectivity index (χ0v) is 16.7. The summed E-state index contributed by atoms with van der Waals surface area (Å²) in [6.07, 6.45) is 3.05. The van der Waals surface area contributed by atoms with E-state index in [1.165, 1.54) is 11.1 Å². The van der Waals surface area contributed by atoms with Crippen molar-refractivity contribution in [3.8, 4) is 0 Å². The first-order valence-electron chi connectivity index (χ1n) is 10.3. The maximum absolute atomic E-state index is 12.9. The summed E-state index contributed by atoms with van der Waals surface area (Å²) >= 11 is 0. The normalized spacial score (nSPS) is 18.7. The highest BCUT2D eigenvalue weighted by Gasteiger charge is 2.23. The van der Waals surface area contributed by atoms with Crippen molar-refractivity contribution in [2.45, 2.75) is 32.2 Å². The summed E-state index contributed by atoms with van der Waals surface area (Å²) in [4.78, 5) is 27.3. The van der Waals surface area contributed by atoms with E-state index in [1.54, 1.807) is 4.90 Å². The minimum atomic E-state index is -0.245. The summed E-state index contributed by atoms with van der Waals surface area (Å²) in [6, 6.07) is 13.5. The molecule has 1 aliphatic heterocycles. The molecule has 2 aromatic rings. The van der Waals surface area contributed by atoms with Gasteiger partial charge in [0.1, 0.15) is 0 Å². The van der Waals surface area contributed by atoms with Gasteiger partial charge in [0.2, 0.25) is 0 Å². The first-order valence-corrected chi connectivity index (χ1v) is 10.3. The number of benzene rings is 2. The van der Waals surface area contributed by atoms with Crippen LogP contribution in [-0.2, 0) is 11.2 Å². The molecular weight excluding hydrogens is 366 g/mol. The lowest BCUT2D eigenvalue weighted by molar-refractivity contribution is 0.0302. The minimum Gasteiger partial charge on any atom is -0.378 e. The number of rotatable bonds is 3. The van der Waals surface area contributed by atoms with Crippen LogP contribution >= 0.6 is 0 Å². The number of aryl methyl sites for hydroxylation is 1. The third kappa shape index (κ3) is 4.27. The van der Waals surface area contributed by atoms with Crippen molar-refractivity contribution in [1.29, 1.82) is 0 Å². The molecule has 3 amide bonds. The second-order valence-electron chi connectivity index (χ2n) is 7.62. The van der Waals surface area contributed by atoms with Crippen LogP contribution in [0.5, 0.6) is 0 Å². The first kappa shape index (κ1) is 19.5. The van der Waals surface area contributed by atoms with Crippen molar-refractivity contribution in [2.75, 3.05) is 31.6 Å². The quantitative estimate of drug-likeness (QED) is 0.836. The van der Waals surface area contributed by atoms with Crippen LogP contribution < -0.4 is 10.6 Å². The maximum atomic E-state index is 12.9. The van der Waals surface area contributed by atoms with Crippen LogP contribution in [0.1, 0.15) is 45.9 Å². The van der Waals surface area contributed by atoms with E-state index in [0.717, 1.165) is 24.8 Å². The van der Waals surface area contributed by atoms with Crippen molar-refractivity contribution in [2.24, 2.45) is 0 Å². The Kier molecular flexibility index (Phi) is 5.81. The second kappa shape index (κ2) is 8.66. The highest BCUT2D eigenvalue weighted by atomic mass is 16.5. The van der Waals surface area contributed by atoms with Gasteiger partial charge in [0.25, 0.3) is 5.91 Å². The summed E-state index contributed by atoms with van der Waals surface area (Å²) < 4.78 is 5.33. The Morgan fingerprint density at radius 3 is 2.69 bits per heavy atom. The van der Waals surface area contributed by atoms with Gasteiger partial charge in [-0.1, -0.05) is 30.3 Å². The Morgan fingerprint density at radius 1 is 1.07 bits per heavy atom. The molecule has 0 aromatic heterocycles. The van der Waals surface area contributed by atoms with Gasteiger partial charge in [-0.25, -0.2) is 4.79 Å². The van der Waals surface area contributed by atoms with Crippen LogP contribution in [0.3, 0.4) is 0 Å². The fourth-order valence-electron chi connectivity index (χ4n) is 4.16. The second-order valence-corrected chi connectivity index (χ2v) is 7.62. The third-order valence-electron chi connectivity index (χ3n) is 5.79. The highest BCUT2D eigenvalue weighted by Crippen LogP contribution is 2.29. The highest BCUT2D eigenvalue weighted by molar-refractivity contribution is 5.99. The molecule has 0 saturated carbocycles. The average Bonchev–Trinajstić information content (AvgIpc) is 2.76. The molecule has 1 aliphatic carbocycles. The molecule has 1 fully saturated rings. The van der Waals surface area contributed by atoms with Crippen molar-refractivity contribution in [1.82, 2.24) is 10.2 Å². The number of ether oxygens (including phenoxy) is 1. The SMILES string of the molecule is Cc1c(NC(=O)NC2CCCc3ccccc32)cccc1C(=O)N1CCOCC1. The molecule has 1 heterocycles. The molecule has 1 saturated heterocycles. The molecule has 29 heavy (non-hydrogen) atoms. The average molecular weight is 393 g/mol. The van der Waals surface area contributed by atoms with Gasteiger partial charge in [0.05, 0.1) is 19.3 Å². The van der Waals surface area contributed by atoms with E-state index in [2.05, 4.69) is 22.8 Å². The van der Waals surface area contributed by atoms with Gasteiger partial charge in [-0.2, -0.15) is 0 Å². The zero-order valence-electron chi connectivity index (χ0n) is 16.7. The number of amides is 3. The Morgan fingerprint density at radius 2 is 1.86 bits per heavy atom. The van der Waals surface area contributed by atoms with Crippen molar-refractivity contribution >= 4 is 17.6 Å². The molecule has 2 aliphatic rings. The molecule has 152 valence electrons. The smallest absolute Gasteiger partial charge is 0.319 e. The van der Waals surface area contributed by atoms with Gasteiger partial charge in [-0.05, 0) is 55.0 Å². The molecule has 2 aromatic carbocycles. The molecule has 0 bridgehead atoms. The number of fused-ring (bicyclic) bond motifs is 1. The number of nitrogens with one attached hydrogen (secondary N) is 2. The van der Waals surface area contributed by atoms with Crippen molar-refractivity contribution in [3.63, 3.8) is 0 Å². The number of hydrogen-bond donors (Lipinski definition) is 2. The molecule has 0 spiro atoms. The number of carbonyl (C=O) groups excluding carboxylic acids is 2. The van der Waals surface area contributed by atoms with Crippen LogP contribution in [0.25, 0.3) is 0 Å². The monoisotopic (exact) mass is 393 g/mol. The predicted molar refractivity (Wildman–Crippen MR) is 112 cm³/mol. The van der Waals surface area contributed by atoms with E-state index in [9.17, 15) is 9.59 Å². The molecule has 1 unspecified atom stereocenters. The lowest BCUT2D eigenvalue weighted by Gasteiger charge is -2.28. The van der Waals surface area contributed by atoms with Crippen LogP contribution in [0.4, 0.5) is 10.5 Å². The van der Waals surface area contributed by atoms with E-state index in [1.807, 2.05) is 37.3 Å². The van der Waals surface area contributed by atoms with E-state index < -0.39 is 0 Å². The molecule has 6 nitrogen and oxygen atoms in total. The van der Waals surface area contributed by atoms with E-state index >= 15 is 0 Å². The molecule has 6 heteroatoms. The lowest BCUT2D eigenvalue weighted by Crippen LogP contribution is -2.41. The topological polar surface area (TPSA) is 70.7 Å². The Labute approximate surface area is 171 Å². The summed E-state index contributed by atoms with van der Waals surface area (Å²) in [5.74, 6) is -0.0175. The Balaban J connectivity index is 1.46. The summed E-state index contributed by atoms with van der Waals surface area (Å²) in [6.45, 7) is 4.19. The number of urea groups is 1. The zero-order chi connectivity index (χ0) is 20.2. The number of nitrogens with zero attached hydrogens (tertiary/aromatic N) is 1. The molecule has 2 N–H and O–H groups in total. The van der Waals surface area contributed by atoms with E-state index in [-0.39, 0.29) is 18.0 Å². The van der Waals surface area contributed by atoms with Gasteiger partial charge in [-0.3, -0.25) is 4.79 Å². The fraction of sp³-hybridized carbons (Fsp3) is 0.391. The molecule has 0 radical (unpaired) electrons. The van der Waals surface area contributed by atoms with Crippen LogP contribution in [-0.4, -0.2) is 43.1 Å². The first-order chi connectivity index (χ1) is 14.1. The number of carbonyl (C=O) groups is 2. The van der Waals surface area contributed by atoms with Gasteiger partial charge in [0.15, 0.2) is 0 Å². The van der Waals surface area contributed by atoms with Gasteiger partial charge in [0, 0.05) is 24.3 Å². The summed E-state index contributed by atoms with van der Waals surface area (Å²) in [5.41, 5.74) is 4.56. The van der Waals surface area contributed by atoms with Gasteiger partial charge < -0.3 is 20.3 Å². The van der Waals surface area contributed by atoms with E-state index in [0.29, 0.717) is 37.6 Å². The van der Waals surface area contributed by atoms with Gasteiger partial charge >= 0.3 is 6.03 Å². The largest absolute Gasteiger partial charge is 0.378 e. The number of anilines is 1. The molecule has 4 rings (SSSR count). The fourth-order valence-corrected chi connectivity index (χ4v) is 4.16. The predicted octanol–water partition coefficient (Wildman–Crippen LogP) is 3.67. The third-order valence-corrected chi connectivity index (χ3v) is 5.79. The number of hydrogen-bond acceptors (Lipinski definition) is 3. The minimum absolute atomic E-state index is 0.0124. The van der Waals surface area contributed by atoms with E-state index in [4.69, 9.17) is 4.74 Å². The van der Waals surface area contributed by atoms with Crippen LogP contribution in [0.2, 0.25) is 0 Å². The molecule has 1 atom stereocenters. The van der Waals surface area contributed by atoms with Gasteiger partial charge in [-0.15, -0.1) is 0 Å². The Bertz CT molecular complexity index is 906. The maximum Gasteiger partial charge on any atom is 0.319 e. The van der Waals surface area contributed by atoms with Crippen molar-refractivity contribution in [3.05, 3.63) is 64.7 Å². The summed E-state index contributed by atoms with van der Waals surface area (Å²) in [5, 5.41) is 6.04. The number of morpholine rings is 1. The van der Waals surface area contributed by atoms with Crippen LogP contribution in [0, 0.1) is 6.92 Å². The standard InChI is InChI=1S/C23H27N3O3/c1-16-18(22(27)26-12-14-29-15-13-26)9-5-10-20(16)24-23(28)25-21-11-4-7-17-6-2-3-8-19(17)21/h2-3,5-6,8-10,21H,4,7,11-15H2,1H3,(H2,24,25,28). The lowest BCUT2D eigenvalue weighted by atomic mass is 9.88. The molecular formula is C23H27N3O3.